The number of hydrogen-bond acceptors (Lipinski definition) is 5. The van der Waals surface area contributed by atoms with Gasteiger partial charge in [-0.3, -0.25) is 4.57 Å². The molecule has 21 heavy (non-hydrogen) atoms. The average Bonchev–Trinajstić information content (AvgIpc) is 2.64. The van der Waals surface area contributed by atoms with E-state index in [0.717, 1.165) is 11.7 Å². The van der Waals surface area contributed by atoms with Crippen LogP contribution in [0.4, 0.5) is 19.0 Å². The molecular formula is C11H11ClF3N3O3. The molecule has 116 valence electrons. The van der Waals surface area contributed by atoms with Crippen LogP contribution >= 0.6 is 11.6 Å². The Labute approximate surface area is 121 Å². The average molecular weight is 326 g/mol. The number of alkyl halides is 3. The van der Waals surface area contributed by atoms with Gasteiger partial charge in [0.15, 0.2) is 6.23 Å². The van der Waals surface area contributed by atoms with Gasteiger partial charge in [-0.1, -0.05) is 11.6 Å². The summed E-state index contributed by atoms with van der Waals surface area (Å²) in [6.45, 7) is -1.09. The lowest BCUT2D eigenvalue weighted by Gasteiger charge is -2.17. The van der Waals surface area contributed by atoms with Gasteiger partial charge in [0, 0.05) is 17.3 Å². The van der Waals surface area contributed by atoms with Crippen molar-refractivity contribution >= 4 is 23.5 Å². The number of aliphatic hydroxyl groups is 1. The molecule has 3 atom stereocenters. The molecule has 0 aromatic carbocycles. The molecule has 2 rings (SSSR count). The van der Waals surface area contributed by atoms with Crippen LogP contribution in [0.2, 0.25) is 0 Å². The van der Waals surface area contributed by atoms with Gasteiger partial charge in [-0.25, -0.2) is 18.0 Å². The molecule has 3 unspecified atom stereocenters. The molecular weight excluding hydrogens is 315 g/mol. The summed E-state index contributed by atoms with van der Waals surface area (Å²) < 4.78 is 46.2. The van der Waals surface area contributed by atoms with Gasteiger partial charge in [0.1, 0.15) is 11.9 Å². The fourth-order valence-electron chi connectivity index (χ4n) is 1.94. The molecule has 0 spiro atoms. The number of ether oxygens (including phenoxy) is 1. The van der Waals surface area contributed by atoms with E-state index in [4.69, 9.17) is 27.2 Å². The molecule has 10 heteroatoms. The minimum absolute atomic E-state index is 0.135. The number of nitrogens with two attached hydrogens (primary N) is 1. The first kappa shape index (κ1) is 15.8. The third-order valence-corrected chi connectivity index (χ3v) is 3.17. The summed E-state index contributed by atoms with van der Waals surface area (Å²) >= 11 is 5.37. The number of anilines is 1. The largest absolute Gasteiger partial charge is 0.393 e. The molecule has 3 N–H and O–H groups in total. The van der Waals surface area contributed by atoms with Crippen LogP contribution in [0, 0.1) is 0 Å². The number of halogens is 4. The molecule has 0 bridgehead atoms. The molecule has 0 amide bonds. The summed E-state index contributed by atoms with van der Waals surface area (Å²) in [6, 6.07) is 0. The second kappa shape index (κ2) is 5.66. The Morgan fingerprint density at radius 3 is 2.81 bits per heavy atom. The smallest absolute Gasteiger partial charge is 0.351 e. The fourth-order valence-corrected chi connectivity index (χ4v) is 2.08. The molecule has 1 aromatic heterocycles. The van der Waals surface area contributed by atoms with Crippen molar-refractivity contribution in [3.8, 4) is 0 Å². The molecule has 1 saturated heterocycles. The third kappa shape index (κ3) is 2.63. The monoisotopic (exact) mass is 325 g/mol. The second-order valence-corrected chi connectivity index (χ2v) is 4.59. The Morgan fingerprint density at radius 2 is 2.29 bits per heavy atom. The minimum atomic E-state index is -3.93. The SMILES string of the molecule is Nc1nc(=O)n(C2OC(CO)C(F)(F)C2F)cc1C=CCl. The maximum atomic E-state index is 13.8. The number of aliphatic hydroxyl groups excluding tert-OH is 1. The Hall–Kier alpha value is -1.58. The van der Waals surface area contributed by atoms with Crippen LogP contribution in [0.15, 0.2) is 16.5 Å². The van der Waals surface area contributed by atoms with E-state index in [0.29, 0.717) is 4.57 Å². The molecule has 1 aromatic rings. The van der Waals surface area contributed by atoms with E-state index < -0.39 is 36.7 Å². The van der Waals surface area contributed by atoms with Crippen molar-refractivity contribution in [2.45, 2.75) is 24.4 Å². The van der Waals surface area contributed by atoms with E-state index in [1.165, 1.54) is 6.08 Å². The van der Waals surface area contributed by atoms with Gasteiger partial charge in [-0.2, -0.15) is 4.98 Å². The van der Waals surface area contributed by atoms with Crippen LogP contribution in [0.3, 0.4) is 0 Å². The van der Waals surface area contributed by atoms with Gasteiger partial charge < -0.3 is 15.6 Å². The van der Waals surface area contributed by atoms with Gasteiger partial charge >= 0.3 is 11.6 Å². The van der Waals surface area contributed by atoms with E-state index in [2.05, 4.69) is 4.98 Å². The first-order valence-corrected chi connectivity index (χ1v) is 6.20. The first-order chi connectivity index (χ1) is 9.82. The number of aromatic nitrogens is 2. The van der Waals surface area contributed by atoms with Crippen LogP contribution < -0.4 is 11.4 Å². The number of nitrogen functional groups attached to an aromatic ring is 1. The normalized spacial score (nSPS) is 28.3. The van der Waals surface area contributed by atoms with Crippen LogP contribution in [-0.4, -0.2) is 39.5 Å². The molecule has 1 aliphatic rings. The second-order valence-electron chi connectivity index (χ2n) is 4.34. The predicted molar refractivity (Wildman–Crippen MR) is 68.6 cm³/mol. The highest BCUT2D eigenvalue weighted by molar-refractivity contribution is 6.27. The lowest BCUT2D eigenvalue weighted by Crippen LogP contribution is -2.39. The van der Waals surface area contributed by atoms with Crippen LogP contribution in [0.5, 0.6) is 0 Å². The molecule has 0 saturated carbocycles. The van der Waals surface area contributed by atoms with Crippen molar-refractivity contribution in [1.29, 1.82) is 0 Å². The fraction of sp³-hybridized carbons (Fsp3) is 0.455. The van der Waals surface area contributed by atoms with Crippen molar-refractivity contribution in [1.82, 2.24) is 9.55 Å². The van der Waals surface area contributed by atoms with Gasteiger partial charge in [-0.15, -0.1) is 0 Å². The van der Waals surface area contributed by atoms with E-state index in [9.17, 15) is 18.0 Å². The Bertz CT molecular complexity index is 622. The molecule has 1 fully saturated rings. The maximum absolute atomic E-state index is 13.8. The molecule has 6 nitrogen and oxygen atoms in total. The van der Waals surface area contributed by atoms with E-state index in [-0.39, 0.29) is 11.4 Å². The standard InChI is InChI=1S/C11H11ClF3N3O3/c12-2-1-5-3-18(10(20)17-8(5)16)9-7(13)11(14,15)6(4-19)21-9/h1-3,6-7,9,19H,4H2,(H2,16,17,20). The Morgan fingerprint density at radius 1 is 1.62 bits per heavy atom. The van der Waals surface area contributed by atoms with Crippen molar-refractivity contribution in [3.05, 3.63) is 27.8 Å². The highest BCUT2D eigenvalue weighted by Gasteiger charge is 2.60. The Kier molecular flexibility index (Phi) is 4.26. The van der Waals surface area contributed by atoms with Gasteiger partial charge in [0.25, 0.3) is 0 Å². The van der Waals surface area contributed by atoms with Gasteiger partial charge in [0.2, 0.25) is 6.17 Å². The van der Waals surface area contributed by atoms with E-state index >= 15 is 0 Å². The summed E-state index contributed by atoms with van der Waals surface area (Å²) in [5, 5.41) is 8.81. The third-order valence-electron chi connectivity index (χ3n) is 3.04. The van der Waals surface area contributed by atoms with E-state index in [1.807, 2.05) is 0 Å². The van der Waals surface area contributed by atoms with Crippen molar-refractivity contribution in [3.63, 3.8) is 0 Å². The van der Waals surface area contributed by atoms with Crippen molar-refractivity contribution in [2.24, 2.45) is 0 Å². The van der Waals surface area contributed by atoms with Crippen molar-refractivity contribution < 1.29 is 23.0 Å². The van der Waals surface area contributed by atoms with Crippen molar-refractivity contribution in [2.75, 3.05) is 12.3 Å². The highest BCUT2D eigenvalue weighted by atomic mass is 35.5. The Balaban J connectivity index is 2.48. The summed E-state index contributed by atoms with van der Waals surface area (Å²) in [5.74, 6) is -4.12. The van der Waals surface area contributed by atoms with Crippen LogP contribution in [-0.2, 0) is 4.74 Å². The topological polar surface area (TPSA) is 90.4 Å². The van der Waals surface area contributed by atoms with Crippen LogP contribution in [0.25, 0.3) is 6.08 Å². The predicted octanol–water partition coefficient (Wildman–Crippen LogP) is 0.898. The molecule has 0 aliphatic carbocycles. The quantitative estimate of drug-likeness (QED) is 0.861. The summed E-state index contributed by atoms with van der Waals surface area (Å²) in [7, 11) is 0. The molecule has 2 heterocycles. The van der Waals surface area contributed by atoms with Gasteiger partial charge in [0.05, 0.1) is 6.61 Å². The molecule has 1 aliphatic heterocycles. The lowest BCUT2D eigenvalue weighted by molar-refractivity contribution is -0.111. The first-order valence-electron chi connectivity index (χ1n) is 5.76. The van der Waals surface area contributed by atoms with E-state index in [1.54, 1.807) is 0 Å². The summed E-state index contributed by atoms with van der Waals surface area (Å²) in [5.41, 5.74) is 5.61. The minimum Gasteiger partial charge on any atom is -0.393 e. The number of rotatable bonds is 3. The van der Waals surface area contributed by atoms with Crippen LogP contribution in [0.1, 0.15) is 11.8 Å². The zero-order valence-corrected chi connectivity index (χ0v) is 11.2. The lowest BCUT2D eigenvalue weighted by atomic mass is 10.1. The maximum Gasteiger partial charge on any atom is 0.351 e. The number of hydrogen-bond donors (Lipinski definition) is 2. The zero-order valence-electron chi connectivity index (χ0n) is 10.4. The zero-order chi connectivity index (χ0) is 15.8. The summed E-state index contributed by atoms with van der Waals surface area (Å²) in [4.78, 5) is 15.1. The molecule has 0 radical (unpaired) electrons. The highest BCUT2D eigenvalue weighted by Crippen LogP contribution is 2.42. The number of nitrogens with zero attached hydrogens (tertiary/aromatic N) is 2. The van der Waals surface area contributed by atoms with Gasteiger partial charge in [-0.05, 0) is 6.08 Å². The summed E-state index contributed by atoms with van der Waals surface area (Å²) in [6.07, 6.45) is -4.51.